The van der Waals surface area contributed by atoms with Gasteiger partial charge in [0.25, 0.3) is 5.91 Å². The quantitative estimate of drug-likeness (QED) is 0.770. The number of amides is 1. The standard InChI is InChI=1S/C16H14Cl2N2O/c17-12-8-9-14(18)19-15(12)16(21)20-10-4-7-13(20)11-5-2-1-3-6-11/h1-3,5-6,8-9,13H,4,7,10H2. The summed E-state index contributed by atoms with van der Waals surface area (Å²) in [7, 11) is 0. The van der Waals surface area contributed by atoms with Crippen LogP contribution in [0.2, 0.25) is 10.2 Å². The van der Waals surface area contributed by atoms with Crippen molar-refractivity contribution in [2.24, 2.45) is 0 Å². The van der Waals surface area contributed by atoms with E-state index in [9.17, 15) is 4.79 Å². The van der Waals surface area contributed by atoms with Gasteiger partial charge < -0.3 is 4.90 Å². The second kappa shape index (κ2) is 6.04. The number of aromatic nitrogens is 1. The van der Waals surface area contributed by atoms with E-state index >= 15 is 0 Å². The molecule has 2 heterocycles. The van der Waals surface area contributed by atoms with Crippen LogP contribution in [-0.4, -0.2) is 22.3 Å². The first kappa shape index (κ1) is 14.4. The zero-order chi connectivity index (χ0) is 14.8. The Morgan fingerprint density at radius 2 is 1.90 bits per heavy atom. The molecule has 0 bridgehead atoms. The van der Waals surface area contributed by atoms with Crippen LogP contribution < -0.4 is 0 Å². The molecule has 108 valence electrons. The number of carbonyl (C=O) groups excluding carboxylic acids is 1. The van der Waals surface area contributed by atoms with E-state index in [4.69, 9.17) is 23.2 Å². The number of likely N-dealkylation sites (tertiary alicyclic amines) is 1. The Balaban J connectivity index is 1.92. The Bertz CT molecular complexity index is 661. The van der Waals surface area contributed by atoms with E-state index in [1.807, 2.05) is 35.2 Å². The summed E-state index contributed by atoms with van der Waals surface area (Å²) < 4.78 is 0. The molecule has 0 spiro atoms. The highest BCUT2D eigenvalue weighted by molar-refractivity contribution is 6.34. The summed E-state index contributed by atoms with van der Waals surface area (Å²) in [5.74, 6) is -0.158. The largest absolute Gasteiger partial charge is 0.330 e. The third kappa shape index (κ3) is 2.89. The lowest BCUT2D eigenvalue weighted by atomic mass is 10.0. The summed E-state index contributed by atoms with van der Waals surface area (Å²) in [6.45, 7) is 0.711. The van der Waals surface area contributed by atoms with Gasteiger partial charge in [-0.15, -0.1) is 0 Å². The molecule has 1 fully saturated rings. The SMILES string of the molecule is O=C(c1nc(Cl)ccc1Cl)N1CCCC1c1ccccc1. The Labute approximate surface area is 133 Å². The maximum atomic E-state index is 12.7. The fourth-order valence-electron chi connectivity index (χ4n) is 2.74. The highest BCUT2D eigenvalue weighted by atomic mass is 35.5. The van der Waals surface area contributed by atoms with Gasteiger partial charge >= 0.3 is 0 Å². The van der Waals surface area contributed by atoms with Gasteiger partial charge in [-0.05, 0) is 30.5 Å². The molecule has 2 aromatic rings. The van der Waals surface area contributed by atoms with Crippen LogP contribution in [0.15, 0.2) is 42.5 Å². The van der Waals surface area contributed by atoms with Gasteiger partial charge in [-0.1, -0.05) is 53.5 Å². The molecule has 1 aliphatic heterocycles. The first-order chi connectivity index (χ1) is 10.2. The maximum absolute atomic E-state index is 12.7. The topological polar surface area (TPSA) is 33.2 Å². The third-order valence-electron chi connectivity index (χ3n) is 3.71. The fraction of sp³-hybridized carbons (Fsp3) is 0.250. The van der Waals surface area contributed by atoms with Crippen LogP contribution in [0.1, 0.15) is 34.9 Å². The first-order valence-electron chi connectivity index (χ1n) is 6.85. The van der Waals surface area contributed by atoms with Gasteiger partial charge in [0.15, 0.2) is 0 Å². The molecule has 0 saturated carbocycles. The van der Waals surface area contributed by atoms with Crippen molar-refractivity contribution in [3.63, 3.8) is 0 Å². The molecule has 0 radical (unpaired) electrons. The summed E-state index contributed by atoms with van der Waals surface area (Å²) in [5.41, 5.74) is 1.37. The van der Waals surface area contributed by atoms with Crippen molar-refractivity contribution in [1.82, 2.24) is 9.88 Å². The van der Waals surface area contributed by atoms with Crippen molar-refractivity contribution < 1.29 is 4.79 Å². The molecule has 5 heteroatoms. The third-order valence-corrected chi connectivity index (χ3v) is 4.23. The van der Waals surface area contributed by atoms with Gasteiger partial charge in [0.05, 0.1) is 11.1 Å². The predicted molar refractivity (Wildman–Crippen MR) is 83.7 cm³/mol. The zero-order valence-corrected chi connectivity index (χ0v) is 12.8. The van der Waals surface area contributed by atoms with Crippen LogP contribution in [0, 0.1) is 0 Å². The first-order valence-corrected chi connectivity index (χ1v) is 7.60. The second-order valence-corrected chi connectivity index (χ2v) is 5.83. The van der Waals surface area contributed by atoms with Gasteiger partial charge in [-0.2, -0.15) is 0 Å². The van der Waals surface area contributed by atoms with E-state index < -0.39 is 0 Å². The summed E-state index contributed by atoms with van der Waals surface area (Å²) in [6.07, 6.45) is 1.93. The average Bonchev–Trinajstić information content (AvgIpc) is 2.99. The molecule has 1 aromatic heterocycles. The average molecular weight is 321 g/mol. The van der Waals surface area contributed by atoms with Crippen LogP contribution in [0.5, 0.6) is 0 Å². The number of hydrogen-bond donors (Lipinski definition) is 0. The number of rotatable bonds is 2. The molecule has 1 atom stereocenters. The van der Waals surface area contributed by atoms with Gasteiger partial charge in [-0.3, -0.25) is 4.79 Å². The molecule has 21 heavy (non-hydrogen) atoms. The van der Waals surface area contributed by atoms with E-state index in [-0.39, 0.29) is 22.8 Å². The van der Waals surface area contributed by atoms with E-state index in [0.717, 1.165) is 18.4 Å². The van der Waals surface area contributed by atoms with Crippen LogP contribution in [0.4, 0.5) is 0 Å². The van der Waals surface area contributed by atoms with Gasteiger partial charge in [-0.25, -0.2) is 4.98 Å². The van der Waals surface area contributed by atoms with E-state index in [2.05, 4.69) is 4.98 Å². The molecule has 3 rings (SSSR count). The monoisotopic (exact) mass is 320 g/mol. The summed E-state index contributed by atoms with van der Waals surface area (Å²) in [5, 5.41) is 0.612. The number of nitrogens with zero attached hydrogens (tertiary/aromatic N) is 2. The molecule has 1 aliphatic rings. The summed E-state index contributed by atoms with van der Waals surface area (Å²) in [4.78, 5) is 18.6. The highest BCUT2D eigenvalue weighted by Gasteiger charge is 2.32. The van der Waals surface area contributed by atoms with Gasteiger partial charge in [0.2, 0.25) is 0 Å². The van der Waals surface area contributed by atoms with Crippen molar-refractivity contribution in [2.75, 3.05) is 6.54 Å². The molecule has 1 amide bonds. The van der Waals surface area contributed by atoms with Crippen LogP contribution in [0.25, 0.3) is 0 Å². The lowest BCUT2D eigenvalue weighted by Crippen LogP contribution is -2.31. The number of pyridine rings is 1. The van der Waals surface area contributed by atoms with Crippen LogP contribution in [0.3, 0.4) is 0 Å². The number of carbonyl (C=O) groups is 1. The summed E-state index contributed by atoms with van der Waals surface area (Å²) in [6, 6.07) is 13.3. The van der Waals surface area contributed by atoms with Crippen molar-refractivity contribution in [2.45, 2.75) is 18.9 Å². The number of benzene rings is 1. The van der Waals surface area contributed by atoms with E-state index in [1.165, 1.54) is 0 Å². The van der Waals surface area contributed by atoms with Crippen molar-refractivity contribution in [3.05, 3.63) is 63.9 Å². The molecule has 1 aromatic carbocycles. The molecule has 0 aliphatic carbocycles. The molecule has 1 saturated heterocycles. The second-order valence-electron chi connectivity index (χ2n) is 5.03. The lowest BCUT2D eigenvalue weighted by Gasteiger charge is -2.25. The zero-order valence-electron chi connectivity index (χ0n) is 11.3. The minimum Gasteiger partial charge on any atom is -0.330 e. The van der Waals surface area contributed by atoms with E-state index in [0.29, 0.717) is 11.6 Å². The predicted octanol–water partition coefficient (Wildman–Crippen LogP) is 4.37. The minimum absolute atomic E-state index is 0.0792. The number of hydrogen-bond acceptors (Lipinski definition) is 2. The Morgan fingerprint density at radius 3 is 2.67 bits per heavy atom. The number of halogens is 2. The smallest absolute Gasteiger partial charge is 0.274 e. The van der Waals surface area contributed by atoms with Crippen molar-refractivity contribution >= 4 is 29.1 Å². The molecule has 1 unspecified atom stereocenters. The van der Waals surface area contributed by atoms with Crippen LogP contribution in [-0.2, 0) is 0 Å². The summed E-state index contributed by atoms with van der Waals surface area (Å²) >= 11 is 12.0. The van der Waals surface area contributed by atoms with Crippen molar-refractivity contribution in [3.8, 4) is 0 Å². The van der Waals surface area contributed by atoms with Gasteiger partial charge in [0, 0.05) is 6.54 Å². The normalized spacial score (nSPS) is 18.0. The Kier molecular flexibility index (Phi) is 4.13. The maximum Gasteiger partial charge on any atom is 0.274 e. The molecular formula is C16H14Cl2N2O. The fourth-order valence-corrected chi connectivity index (χ4v) is 3.07. The highest BCUT2D eigenvalue weighted by Crippen LogP contribution is 2.33. The van der Waals surface area contributed by atoms with Gasteiger partial charge in [0.1, 0.15) is 10.8 Å². The molecule has 3 nitrogen and oxygen atoms in total. The van der Waals surface area contributed by atoms with Crippen LogP contribution >= 0.6 is 23.2 Å². The van der Waals surface area contributed by atoms with Crippen molar-refractivity contribution in [1.29, 1.82) is 0 Å². The minimum atomic E-state index is -0.158. The lowest BCUT2D eigenvalue weighted by molar-refractivity contribution is 0.0730. The Hall–Kier alpha value is -1.58. The van der Waals surface area contributed by atoms with E-state index in [1.54, 1.807) is 12.1 Å². The molecule has 0 N–H and O–H groups in total. The Morgan fingerprint density at radius 1 is 1.14 bits per heavy atom. The molecular weight excluding hydrogens is 307 g/mol.